The maximum atomic E-state index is 11.5. The van der Waals surface area contributed by atoms with E-state index in [-0.39, 0.29) is 5.41 Å². The van der Waals surface area contributed by atoms with Crippen LogP contribution < -0.4 is 0 Å². The van der Waals surface area contributed by atoms with Crippen LogP contribution in [0.1, 0.15) is 31.2 Å². The average Bonchev–Trinajstić information content (AvgIpc) is 2.33. The smallest absolute Gasteiger partial charge is 0.132 e. The lowest BCUT2D eigenvalue weighted by atomic mass is 9.69. The zero-order valence-corrected chi connectivity index (χ0v) is 11.8. The molecule has 0 heterocycles. The van der Waals surface area contributed by atoms with Gasteiger partial charge in [-0.05, 0) is 44.6 Å². The van der Waals surface area contributed by atoms with Gasteiger partial charge < -0.3 is 4.90 Å². The van der Waals surface area contributed by atoms with Crippen LogP contribution in [0.4, 0.5) is 0 Å². The van der Waals surface area contributed by atoms with Gasteiger partial charge in [0.15, 0.2) is 0 Å². The summed E-state index contributed by atoms with van der Waals surface area (Å²) in [5.41, 5.74) is 1.43. The summed E-state index contributed by atoms with van der Waals surface area (Å²) in [4.78, 5) is 13.7. The van der Waals surface area contributed by atoms with Crippen molar-refractivity contribution < 1.29 is 4.79 Å². The Bertz CT molecular complexity index is 415. The van der Waals surface area contributed by atoms with Crippen LogP contribution in [-0.2, 0) is 10.2 Å². The third-order valence-corrected chi connectivity index (χ3v) is 4.09. The first-order valence-corrected chi connectivity index (χ1v) is 6.82. The second kappa shape index (κ2) is 5.41. The van der Waals surface area contributed by atoms with Gasteiger partial charge >= 0.3 is 0 Å². The van der Waals surface area contributed by atoms with Crippen molar-refractivity contribution in [1.82, 2.24) is 4.90 Å². The molecule has 0 amide bonds. The molecule has 0 N–H and O–H groups in total. The molecule has 0 spiro atoms. The first-order valence-electron chi connectivity index (χ1n) is 6.44. The van der Waals surface area contributed by atoms with E-state index < -0.39 is 0 Å². The van der Waals surface area contributed by atoms with Gasteiger partial charge in [0.05, 0.1) is 0 Å². The Morgan fingerprint density at radius 1 is 1.17 bits per heavy atom. The van der Waals surface area contributed by atoms with Crippen LogP contribution >= 0.6 is 11.6 Å². The van der Waals surface area contributed by atoms with Crippen molar-refractivity contribution in [2.75, 3.05) is 20.6 Å². The number of carbonyl (C=O) groups excluding carboxylic acids is 1. The fraction of sp³-hybridized carbons (Fsp3) is 0.533. The number of nitrogens with zero attached hydrogens (tertiary/aromatic N) is 1. The highest BCUT2D eigenvalue weighted by Gasteiger charge is 2.36. The topological polar surface area (TPSA) is 20.3 Å². The Morgan fingerprint density at radius 2 is 1.72 bits per heavy atom. The number of halogens is 1. The molecule has 0 aromatic heterocycles. The number of ketones is 1. The first-order chi connectivity index (χ1) is 8.52. The van der Waals surface area contributed by atoms with Crippen LogP contribution in [0.5, 0.6) is 0 Å². The molecule has 0 saturated heterocycles. The van der Waals surface area contributed by atoms with Crippen LogP contribution in [0, 0.1) is 0 Å². The Morgan fingerprint density at radius 3 is 2.22 bits per heavy atom. The highest BCUT2D eigenvalue weighted by molar-refractivity contribution is 6.30. The predicted molar refractivity (Wildman–Crippen MR) is 75.2 cm³/mol. The predicted octanol–water partition coefficient (Wildman–Crippen LogP) is 3.28. The van der Waals surface area contributed by atoms with Gasteiger partial charge in [0.2, 0.25) is 0 Å². The monoisotopic (exact) mass is 265 g/mol. The molecule has 3 heteroatoms. The third-order valence-electron chi connectivity index (χ3n) is 3.84. The third kappa shape index (κ3) is 2.93. The lowest BCUT2D eigenvalue weighted by Crippen LogP contribution is -2.41. The van der Waals surface area contributed by atoms with Gasteiger partial charge in [0.25, 0.3) is 0 Å². The van der Waals surface area contributed by atoms with Gasteiger partial charge in [-0.2, -0.15) is 0 Å². The number of hydrogen-bond acceptors (Lipinski definition) is 2. The summed E-state index contributed by atoms with van der Waals surface area (Å²) in [6.07, 6.45) is 3.31. The number of benzene rings is 1. The minimum Gasteiger partial charge on any atom is -0.309 e. The number of carbonyl (C=O) groups is 1. The quantitative estimate of drug-likeness (QED) is 0.836. The van der Waals surface area contributed by atoms with E-state index in [9.17, 15) is 4.79 Å². The number of Topliss-reactive ketones (excluding diaryl/α,β-unsaturated/α-hetero) is 1. The van der Waals surface area contributed by atoms with Gasteiger partial charge in [0.1, 0.15) is 5.78 Å². The van der Waals surface area contributed by atoms with Crippen LogP contribution in [-0.4, -0.2) is 31.3 Å². The van der Waals surface area contributed by atoms with Gasteiger partial charge in [-0.1, -0.05) is 23.7 Å². The van der Waals surface area contributed by atoms with E-state index in [0.29, 0.717) is 18.6 Å². The van der Waals surface area contributed by atoms with Crippen molar-refractivity contribution in [2.45, 2.75) is 31.1 Å². The molecule has 1 aliphatic carbocycles. The molecule has 1 aromatic rings. The Hall–Kier alpha value is -0.860. The second-order valence-electron chi connectivity index (χ2n) is 5.56. The van der Waals surface area contributed by atoms with Gasteiger partial charge in [0, 0.05) is 29.8 Å². The van der Waals surface area contributed by atoms with Gasteiger partial charge in [-0.3, -0.25) is 4.79 Å². The number of hydrogen-bond donors (Lipinski definition) is 0. The van der Waals surface area contributed by atoms with Crippen molar-refractivity contribution in [3.05, 3.63) is 34.9 Å². The van der Waals surface area contributed by atoms with E-state index in [1.54, 1.807) is 0 Å². The molecule has 0 unspecified atom stereocenters. The minimum absolute atomic E-state index is 0.113. The molecule has 0 radical (unpaired) electrons. The standard InChI is InChI=1S/C15H20ClNO/c1-17(2)11-15(9-7-14(18)8-10-15)12-3-5-13(16)6-4-12/h3-6H,7-11H2,1-2H3. The van der Waals surface area contributed by atoms with Crippen LogP contribution in [0.2, 0.25) is 5.02 Å². The summed E-state index contributed by atoms with van der Waals surface area (Å²) in [5.74, 6) is 0.401. The molecule has 1 fully saturated rings. The summed E-state index contributed by atoms with van der Waals surface area (Å²) in [6, 6.07) is 8.12. The van der Waals surface area contributed by atoms with Crippen molar-refractivity contribution in [3.63, 3.8) is 0 Å². The zero-order chi connectivity index (χ0) is 13.2. The zero-order valence-electron chi connectivity index (χ0n) is 11.1. The SMILES string of the molecule is CN(C)CC1(c2ccc(Cl)cc2)CCC(=O)CC1. The summed E-state index contributed by atoms with van der Waals surface area (Å²) >= 11 is 5.96. The van der Waals surface area contributed by atoms with Gasteiger partial charge in [-0.15, -0.1) is 0 Å². The number of rotatable bonds is 3. The largest absolute Gasteiger partial charge is 0.309 e. The minimum atomic E-state index is 0.113. The van der Waals surface area contributed by atoms with Crippen molar-refractivity contribution >= 4 is 17.4 Å². The fourth-order valence-corrected chi connectivity index (χ4v) is 3.08. The van der Waals surface area contributed by atoms with E-state index in [1.807, 2.05) is 12.1 Å². The molecular formula is C15H20ClNO. The summed E-state index contributed by atoms with van der Waals surface area (Å²) < 4.78 is 0. The highest BCUT2D eigenvalue weighted by atomic mass is 35.5. The normalized spacial score (nSPS) is 19.2. The molecular weight excluding hydrogens is 246 g/mol. The second-order valence-corrected chi connectivity index (χ2v) is 6.00. The van der Waals surface area contributed by atoms with Crippen LogP contribution in [0.25, 0.3) is 0 Å². The Kier molecular flexibility index (Phi) is 4.08. The van der Waals surface area contributed by atoms with Crippen molar-refractivity contribution in [2.24, 2.45) is 0 Å². The van der Waals surface area contributed by atoms with E-state index >= 15 is 0 Å². The van der Waals surface area contributed by atoms with Crippen molar-refractivity contribution in [1.29, 1.82) is 0 Å². The van der Waals surface area contributed by atoms with E-state index in [4.69, 9.17) is 11.6 Å². The average molecular weight is 266 g/mol. The maximum Gasteiger partial charge on any atom is 0.132 e. The lowest BCUT2D eigenvalue weighted by molar-refractivity contribution is -0.121. The summed E-state index contributed by atoms with van der Waals surface area (Å²) in [6.45, 7) is 0.988. The van der Waals surface area contributed by atoms with E-state index in [2.05, 4.69) is 31.1 Å². The fourth-order valence-electron chi connectivity index (χ4n) is 2.95. The Balaban J connectivity index is 2.29. The molecule has 1 aliphatic rings. The van der Waals surface area contributed by atoms with Crippen LogP contribution in [0.3, 0.4) is 0 Å². The first kappa shape index (κ1) is 13.6. The molecule has 2 nitrogen and oxygen atoms in total. The molecule has 1 saturated carbocycles. The molecule has 0 bridgehead atoms. The molecule has 98 valence electrons. The summed E-state index contributed by atoms with van der Waals surface area (Å²) in [5, 5.41) is 0.769. The molecule has 0 aliphatic heterocycles. The highest BCUT2D eigenvalue weighted by Crippen LogP contribution is 2.39. The van der Waals surface area contributed by atoms with E-state index in [1.165, 1.54) is 5.56 Å². The maximum absolute atomic E-state index is 11.5. The molecule has 2 rings (SSSR count). The lowest BCUT2D eigenvalue weighted by Gasteiger charge is -2.39. The summed E-state index contributed by atoms with van der Waals surface area (Å²) in [7, 11) is 4.18. The molecule has 0 atom stereocenters. The van der Waals surface area contributed by atoms with E-state index in [0.717, 1.165) is 24.4 Å². The number of likely N-dealkylation sites (N-methyl/N-ethyl adjacent to an activating group) is 1. The van der Waals surface area contributed by atoms with Crippen LogP contribution in [0.15, 0.2) is 24.3 Å². The van der Waals surface area contributed by atoms with Gasteiger partial charge in [-0.25, -0.2) is 0 Å². The molecule has 18 heavy (non-hydrogen) atoms. The molecule has 1 aromatic carbocycles. The van der Waals surface area contributed by atoms with Crippen molar-refractivity contribution in [3.8, 4) is 0 Å². The Labute approximate surface area is 114 Å².